The number of rotatable bonds is 9. The van der Waals surface area contributed by atoms with E-state index < -0.39 is 10.0 Å². The number of aliphatic hydroxyl groups excluding tert-OH is 1. The maximum atomic E-state index is 13.1. The van der Waals surface area contributed by atoms with Gasteiger partial charge in [0.2, 0.25) is 10.0 Å². The van der Waals surface area contributed by atoms with Crippen molar-refractivity contribution in [3.8, 4) is 0 Å². The van der Waals surface area contributed by atoms with Crippen LogP contribution in [0.25, 0.3) is 0 Å². The number of nitrogens with zero attached hydrogens (tertiary/aromatic N) is 1. The third-order valence-corrected chi connectivity index (χ3v) is 7.30. The van der Waals surface area contributed by atoms with E-state index in [9.17, 15) is 13.5 Å². The number of sulfonamides is 1. The quantitative estimate of drug-likeness (QED) is 0.619. The fourth-order valence-electron chi connectivity index (χ4n) is 3.93. The molecule has 0 heterocycles. The third kappa shape index (κ3) is 6.83. The zero-order chi connectivity index (χ0) is 21.6. The van der Waals surface area contributed by atoms with Gasteiger partial charge < -0.3 is 10.4 Å². The van der Waals surface area contributed by atoms with Crippen molar-refractivity contribution in [3.63, 3.8) is 0 Å². The number of anilines is 1. The second kappa shape index (κ2) is 10.4. The highest BCUT2D eigenvalue weighted by molar-refractivity contribution is 7.88. The molecule has 0 atom stereocenters. The van der Waals surface area contributed by atoms with Crippen LogP contribution in [0, 0.1) is 5.92 Å². The van der Waals surface area contributed by atoms with Crippen molar-refractivity contribution in [2.45, 2.75) is 64.0 Å². The lowest BCUT2D eigenvalue weighted by Crippen LogP contribution is -2.34. The fraction of sp³-hybridized carbons (Fsp3) is 0.500. The van der Waals surface area contributed by atoms with Crippen LogP contribution in [-0.2, 0) is 22.3 Å². The maximum absolute atomic E-state index is 13.1. The van der Waals surface area contributed by atoms with Crippen LogP contribution in [0.3, 0.4) is 0 Å². The molecule has 1 saturated carbocycles. The summed E-state index contributed by atoms with van der Waals surface area (Å²) < 4.78 is 27.8. The van der Waals surface area contributed by atoms with Crippen LogP contribution in [0.4, 0.5) is 5.69 Å². The van der Waals surface area contributed by atoms with Crippen LogP contribution < -0.4 is 5.32 Å². The number of aliphatic hydroxyl groups is 1. The third-order valence-electron chi connectivity index (χ3n) is 5.53. The predicted octanol–water partition coefficient (Wildman–Crippen LogP) is 4.39. The summed E-state index contributed by atoms with van der Waals surface area (Å²) in [6.45, 7) is 4.96. The van der Waals surface area contributed by atoms with Gasteiger partial charge in [0, 0.05) is 24.8 Å². The highest BCUT2D eigenvalue weighted by Gasteiger charge is 2.24. The molecule has 0 spiro atoms. The van der Waals surface area contributed by atoms with Crippen LogP contribution >= 0.6 is 0 Å². The molecule has 0 amide bonds. The smallest absolute Gasteiger partial charge is 0.218 e. The predicted molar refractivity (Wildman–Crippen MR) is 123 cm³/mol. The first-order valence-corrected chi connectivity index (χ1v) is 12.5. The summed E-state index contributed by atoms with van der Waals surface area (Å²) in [6.07, 6.45) is 3.49. The second-order valence-electron chi connectivity index (χ2n) is 8.77. The number of nitrogens with one attached hydrogen (secondary N) is 1. The zero-order valence-electron chi connectivity index (χ0n) is 18.0. The highest BCUT2D eigenvalue weighted by Crippen LogP contribution is 2.23. The summed E-state index contributed by atoms with van der Waals surface area (Å²) in [5.74, 6) is 0.270. The fourth-order valence-corrected chi connectivity index (χ4v) is 5.59. The van der Waals surface area contributed by atoms with Crippen molar-refractivity contribution < 1.29 is 13.5 Å². The maximum Gasteiger partial charge on any atom is 0.218 e. The molecular formula is C24H34N2O3S. The zero-order valence-corrected chi connectivity index (χ0v) is 18.8. The highest BCUT2D eigenvalue weighted by atomic mass is 32.2. The molecule has 0 unspecified atom stereocenters. The second-order valence-corrected chi connectivity index (χ2v) is 10.7. The first-order chi connectivity index (χ1) is 14.3. The summed E-state index contributed by atoms with van der Waals surface area (Å²) in [6, 6.07) is 17.8. The van der Waals surface area contributed by atoms with Crippen molar-refractivity contribution in [3.05, 3.63) is 65.7 Å². The van der Waals surface area contributed by atoms with E-state index in [1.807, 2.05) is 68.4 Å². The van der Waals surface area contributed by atoms with Crippen LogP contribution in [0.15, 0.2) is 54.6 Å². The summed E-state index contributed by atoms with van der Waals surface area (Å²) in [7, 11) is -3.41. The summed E-state index contributed by atoms with van der Waals surface area (Å²) in [5.41, 5.74) is 2.84. The number of benzene rings is 2. The lowest BCUT2D eigenvalue weighted by molar-refractivity contribution is 0.126. The van der Waals surface area contributed by atoms with E-state index in [0.29, 0.717) is 19.1 Å². The van der Waals surface area contributed by atoms with Crippen LogP contribution in [0.2, 0.25) is 0 Å². The van der Waals surface area contributed by atoms with Gasteiger partial charge in [-0.2, -0.15) is 4.31 Å². The van der Waals surface area contributed by atoms with Gasteiger partial charge in [0.1, 0.15) is 0 Å². The Morgan fingerprint density at radius 2 is 1.60 bits per heavy atom. The summed E-state index contributed by atoms with van der Waals surface area (Å²) in [5, 5.41) is 13.2. The molecule has 5 nitrogen and oxygen atoms in total. The Balaban J connectivity index is 1.65. The van der Waals surface area contributed by atoms with Gasteiger partial charge in [-0.05, 0) is 54.9 Å². The molecule has 1 aliphatic rings. The van der Waals surface area contributed by atoms with Gasteiger partial charge in [-0.3, -0.25) is 0 Å². The van der Waals surface area contributed by atoms with Gasteiger partial charge in [0.15, 0.2) is 0 Å². The average Bonchev–Trinajstić information content (AvgIpc) is 2.71. The van der Waals surface area contributed by atoms with E-state index in [4.69, 9.17) is 0 Å². The lowest BCUT2D eigenvalue weighted by Gasteiger charge is -2.27. The van der Waals surface area contributed by atoms with Gasteiger partial charge in [0.25, 0.3) is 0 Å². The van der Waals surface area contributed by atoms with E-state index in [-0.39, 0.29) is 17.8 Å². The van der Waals surface area contributed by atoms with Crippen molar-refractivity contribution in [1.82, 2.24) is 4.31 Å². The SMILES string of the molecule is CC(C)CN(Cc1ccc(N[C@H]2CC[C@H](O)CC2)cc1)S(=O)(=O)Cc1ccccc1. The minimum atomic E-state index is -3.41. The molecule has 0 saturated heterocycles. The molecule has 2 aromatic carbocycles. The molecule has 2 aromatic rings. The average molecular weight is 431 g/mol. The number of hydrogen-bond donors (Lipinski definition) is 2. The monoisotopic (exact) mass is 430 g/mol. The molecule has 1 aliphatic carbocycles. The Labute approximate surface area is 181 Å². The molecule has 6 heteroatoms. The Kier molecular flexibility index (Phi) is 7.92. The Morgan fingerprint density at radius 3 is 2.20 bits per heavy atom. The molecule has 1 fully saturated rings. The van der Waals surface area contributed by atoms with Gasteiger partial charge in [-0.1, -0.05) is 56.3 Å². The lowest BCUT2D eigenvalue weighted by atomic mass is 9.93. The van der Waals surface area contributed by atoms with Gasteiger partial charge >= 0.3 is 0 Å². The van der Waals surface area contributed by atoms with Crippen molar-refractivity contribution in [2.75, 3.05) is 11.9 Å². The van der Waals surface area contributed by atoms with E-state index in [2.05, 4.69) is 5.32 Å². The topological polar surface area (TPSA) is 69.6 Å². The molecule has 0 aliphatic heterocycles. The first kappa shape index (κ1) is 22.8. The molecule has 164 valence electrons. The molecular weight excluding hydrogens is 396 g/mol. The van der Waals surface area contributed by atoms with Crippen molar-refractivity contribution in [1.29, 1.82) is 0 Å². The largest absolute Gasteiger partial charge is 0.393 e. The standard InChI is InChI=1S/C24H34N2O3S/c1-19(2)16-26(30(28,29)18-21-6-4-3-5-7-21)17-20-8-10-22(11-9-20)25-23-12-14-24(27)15-13-23/h3-11,19,23-25,27H,12-18H2,1-2H3/t23-,24-. The van der Waals surface area contributed by atoms with Crippen molar-refractivity contribution >= 4 is 15.7 Å². The summed E-state index contributed by atoms with van der Waals surface area (Å²) in [4.78, 5) is 0. The van der Waals surface area contributed by atoms with Gasteiger partial charge in [-0.25, -0.2) is 8.42 Å². The number of hydrogen-bond acceptors (Lipinski definition) is 4. The summed E-state index contributed by atoms with van der Waals surface area (Å²) >= 11 is 0. The molecule has 2 N–H and O–H groups in total. The minimum Gasteiger partial charge on any atom is -0.393 e. The normalized spacial score (nSPS) is 19.9. The molecule has 0 aromatic heterocycles. The Bertz CT molecular complexity index is 874. The first-order valence-electron chi connectivity index (χ1n) is 10.9. The van der Waals surface area contributed by atoms with E-state index in [1.54, 1.807) is 4.31 Å². The Hall–Kier alpha value is -1.89. The van der Waals surface area contributed by atoms with E-state index in [1.165, 1.54) is 0 Å². The van der Waals surface area contributed by atoms with Crippen molar-refractivity contribution in [2.24, 2.45) is 5.92 Å². The minimum absolute atomic E-state index is 0.0216. The molecule has 3 rings (SSSR count). The molecule has 30 heavy (non-hydrogen) atoms. The van der Waals surface area contributed by atoms with Gasteiger partial charge in [-0.15, -0.1) is 0 Å². The molecule has 0 radical (unpaired) electrons. The van der Waals surface area contributed by atoms with Crippen LogP contribution in [-0.4, -0.2) is 36.5 Å². The van der Waals surface area contributed by atoms with Crippen LogP contribution in [0.1, 0.15) is 50.7 Å². The van der Waals surface area contributed by atoms with E-state index in [0.717, 1.165) is 42.5 Å². The van der Waals surface area contributed by atoms with E-state index >= 15 is 0 Å². The Morgan fingerprint density at radius 1 is 0.967 bits per heavy atom. The van der Waals surface area contributed by atoms with Gasteiger partial charge in [0.05, 0.1) is 11.9 Å². The van der Waals surface area contributed by atoms with Crippen LogP contribution in [0.5, 0.6) is 0 Å². The molecule has 0 bridgehead atoms.